The first-order valence-electron chi connectivity index (χ1n) is 6.30. The molecule has 0 radical (unpaired) electrons. The van der Waals surface area contributed by atoms with Gasteiger partial charge < -0.3 is 9.73 Å². The molecule has 1 aromatic carbocycles. The molecule has 2 rings (SSSR count). The van der Waals surface area contributed by atoms with E-state index in [1.165, 1.54) is 31.2 Å². The van der Waals surface area contributed by atoms with Gasteiger partial charge in [0.15, 0.2) is 5.78 Å². The Morgan fingerprint density at radius 1 is 1.18 bits per heavy atom. The number of carbonyl (C=O) groups is 2. The van der Waals surface area contributed by atoms with Gasteiger partial charge in [-0.15, -0.1) is 0 Å². The summed E-state index contributed by atoms with van der Waals surface area (Å²) in [4.78, 5) is 32.7. The average Bonchev–Trinajstić information content (AvgIpc) is 2.94. The van der Waals surface area contributed by atoms with E-state index >= 15 is 0 Å². The number of ketones is 1. The number of nitrogens with one attached hydrogen (secondary N) is 1. The summed E-state index contributed by atoms with van der Waals surface area (Å²) in [5.74, 6) is -0.645. The van der Waals surface area contributed by atoms with Crippen LogP contribution < -0.4 is 5.32 Å². The number of furan rings is 1. The molecule has 0 aliphatic carbocycles. The molecule has 0 saturated heterocycles. The van der Waals surface area contributed by atoms with E-state index in [-0.39, 0.29) is 23.3 Å². The fraction of sp³-hybridized carbons (Fsp3) is 0.0667. The van der Waals surface area contributed by atoms with E-state index in [0.29, 0.717) is 11.3 Å². The summed E-state index contributed by atoms with van der Waals surface area (Å²) in [6.07, 6.45) is 2.62. The van der Waals surface area contributed by atoms with E-state index in [0.717, 1.165) is 0 Å². The lowest BCUT2D eigenvalue weighted by Crippen LogP contribution is -2.05. The van der Waals surface area contributed by atoms with Crippen LogP contribution in [0.15, 0.2) is 46.9 Å². The Kier molecular flexibility index (Phi) is 4.47. The molecule has 1 aromatic heterocycles. The number of rotatable bonds is 5. The maximum atomic E-state index is 11.9. The van der Waals surface area contributed by atoms with Crippen molar-refractivity contribution in [1.82, 2.24) is 0 Å². The molecular formula is C15H12N2O5. The first kappa shape index (κ1) is 15.2. The smallest absolute Gasteiger partial charge is 0.401 e. The zero-order valence-electron chi connectivity index (χ0n) is 11.6. The topological polar surface area (TPSA) is 102 Å². The Morgan fingerprint density at radius 3 is 2.41 bits per heavy atom. The Morgan fingerprint density at radius 2 is 1.86 bits per heavy atom. The Labute approximate surface area is 125 Å². The molecule has 0 bridgehead atoms. The highest BCUT2D eigenvalue weighted by Crippen LogP contribution is 2.17. The first-order valence-corrected chi connectivity index (χ1v) is 6.30. The van der Waals surface area contributed by atoms with Crippen molar-refractivity contribution in [1.29, 1.82) is 0 Å². The number of benzene rings is 1. The van der Waals surface area contributed by atoms with Crippen molar-refractivity contribution in [3.8, 4) is 0 Å². The van der Waals surface area contributed by atoms with Gasteiger partial charge in [0.25, 0.3) is 0 Å². The first-order chi connectivity index (χ1) is 10.5. The molecule has 2 aromatic rings. The van der Waals surface area contributed by atoms with Gasteiger partial charge in [-0.2, -0.15) is 0 Å². The van der Waals surface area contributed by atoms with Crippen LogP contribution in [0.3, 0.4) is 0 Å². The molecule has 1 amide bonds. The zero-order chi connectivity index (χ0) is 16.1. The molecule has 7 heteroatoms. The third-order valence-electron chi connectivity index (χ3n) is 2.68. The minimum Gasteiger partial charge on any atom is -0.401 e. The SMILES string of the molecule is CC(=O)Nc1ccc(C(=O)C=Cc2ccc([N+](=O)[O-])o2)cc1. The van der Waals surface area contributed by atoms with Crippen LogP contribution in [0.25, 0.3) is 6.08 Å². The van der Waals surface area contributed by atoms with Gasteiger partial charge in [0, 0.05) is 18.2 Å². The highest BCUT2D eigenvalue weighted by atomic mass is 16.6. The molecule has 1 heterocycles. The van der Waals surface area contributed by atoms with Crippen LogP contribution in [0.5, 0.6) is 0 Å². The fourth-order valence-corrected chi connectivity index (χ4v) is 1.71. The van der Waals surface area contributed by atoms with Crippen molar-refractivity contribution >= 4 is 29.3 Å². The van der Waals surface area contributed by atoms with Crippen LogP contribution in [0.2, 0.25) is 0 Å². The predicted molar refractivity (Wildman–Crippen MR) is 79.5 cm³/mol. The van der Waals surface area contributed by atoms with Crippen LogP contribution >= 0.6 is 0 Å². The summed E-state index contributed by atoms with van der Waals surface area (Å²) in [5, 5.41) is 13.1. The second-order valence-electron chi connectivity index (χ2n) is 4.39. The van der Waals surface area contributed by atoms with Crippen LogP contribution in [0, 0.1) is 10.1 Å². The summed E-state index contributed by atoms with van der Waals surface area (Å²) in [7, 11) is 0. The number of hydrogen-bond acceptors (Lipinski definition) is 5. The quantitative estimate of drug-likeness (QED) is 0.395. The lowest BCUT2D eigenvalue weighted by Gasteiger charge is -2.02. The molecule has 7 nitrogen and oxygen atoms in total. The molecule has 22 heavy (non-hydrogen) atoms. The summed E-state index contributed by atoms with van der Waals surface area (Å²) >= 11 is 0. The predicted octanol–water partition coefficient (Wildman–Crippen LogP) is 3.04. The highest BCUT2D eigenvalue weighted by molar-refractivity contribution is 6.07. The third kappa shape index (κ3) is 3.89. The van der Waals surface area contributed by atoms with E-state index in [4.69, 9.17) is 4.42 Å². The van der Waals surface area contributed by atoms with Crippen LogP contribution in [-0.2, 0) is 4.79 Å². The van der Waals surface area contributed by atoms with Crippen LogP contribution in [0.1, 0.15) is 23.0 Å². The van der Waals surface area contributed by atoms with Gasteiger partial charge in [-0.3, -0.25) is 19.7 Å². The monoisotopic (exact) mass is 300 g/mol. The maximum absolute atomic E-state index is 11.9. The molecule has 0 spiro atoms. The van der Waals surface area contributed by atoms with Crippen LogP contribution in [-0.4, -0.2) is 16.6 Å². The van der Waals surface area contributed by atoms with Crippen molar-refractivity contribution in [3.63, 3.8) is 0 Å². The number of nitro groups is 1. The van der Waals surface area contributed by atoms with E-state index < -0.39 is 4.92 Å². The standard InChI is InChI=1S/C15H12N2O5/c1-10(18)16-12-4-2-11(3-5-12)14(19)8-6-13-7-9-15(22-13)17(20)21/h2-9H,1H3,(H,16,18). The van der Waals surface area contributed by atoms with Gasteiger partial charge in [-0.05, 0) is 42.5 Å². The van der Waals surface area contributed by atoms with Gasteiger partial charge in [0.05, 0.1) is 6.07 Å². The molecule has 0 unspecified atom stereocenters. The molecule has 0 atom stereocenters. The number of hydrogen-bond donors (Lipinski definition) is 1. The molecular weight excluding hydrogens is 288 g/mol. The van der Waals surface area contributed by atoms with E-state index in [1.807, 2.05) is 0 Å². The lowest BCUT2D eigenvalue weighted by atomic mass is 10.1. The minimum atomic E-state index is -0.653. The number of nitrogens with zero attached hydrogens (tertiary/aromatic N) is 1. The molecule has 1 N–H and O–H groups in total. The Hall–Kier alpha value is -3.22. The molecule has 0 aliphatic heterocycles. The van der Waals surface area contributed by atoms with Crippen molar-refractivity contribution < 1.29 is 18.9 Å². The van der Waals surface area contributed by atoms with E-state index in [2.05, 4.69) is 5.32 Å². The second kappa shape index (κ2) is 6.49. The van der Waals surface area contributed by atoms with Gasteiger partial charge in [0.1, 0.15) is 10.7 Å². The molecule has 0 fully saturated rings. The van der Waals surface area contributed by atoms with Crippen molar-refractivity contribution in [2.75, 3.05) is 5.32 Å². The summed E-state index contributed by atoms with van der Waals surface area (Å²) in [6, 6.07) is 8.99. The summed E-state index contributed by atoms with van der Waals surface area (Å²) < 4.78 is 4.91. The fourth-order valence-electron chi connectivity index (χ4n) is 1.71. The largest absolute Gasteiger partial charge is 0.433 e. The van der Waals surface area contributed by atoms with E-state index in [1.54, 1.807) is 24.3 Å². The Balaban J connectivity index is 2.06. The van der Waals surface area contributed by atoms with Crippen molar-refractivity contribution in [3.05, 3.63) is 63.9 Å². The number of allylic oxidation sites excluding steroid dienone is 1. The number of carbonyl (C=O) groups excluding carboxylic acids is 2. The van der Waals surface area contributed by atoms with Gasteiger partial charge in [-0.1, -0.05) is 0 Å². The number of anilines is 1. The minimum absolute atomic E-state index is 0.196. The second-order valence-corrected chi connectivity index (χ2v) is 4.39. The lowest BCUT2D eigenvalue weighted by molar-refractivity contribution is -0.402. The van der Waals surface area contributed by atoms with Crippen LogP contribution in [0.4, 0.5) is 11.6 Å². The van der Waals surface area contributed by atoms with E-state index in [9.17, 15) is 19.7 Å². The normalized spacial score (nSPS) is 10.6. The Bertz CT molecular complexity index is 744. The zero-order valence-corrected chi connectivity index (χ0v) is 11.6. The average molecular weight is 300 g/mol. The maximum Gasteiger partial charge on any atom is 0.433 e. The highest BCUT2D eigenvalue weighted by Gasteiger charge is 2.10. The summed E-state index contributed by atoms with van der Waals surface area (Å²) in [6.45, 7) is 1.39. The third-order valence-corrected chi connectivity index (χ3v) is 2.68. The van der Waals surface area contributed by atoms with Gasteiger partial charge >= 0.3 is 5.88 Å². The summed E-state index contributed by atoms with van der Waals surface area (Å²) in [5.41, 5.74) is 1.01. The van der Waals surface area contributed by atoms with Crippen molar-refractivity contribution in [2.24, 2.45) is 0 Å². The molecule has 0 aliphatic rings. The van der Waals surface area contributed by atoms with Gasteiger partial charge in [-0.25, -0.2) is 0 Å². The van der Waals surface area contributed by atoms with Crippen molar-refractivity contribution in [2.45, 2.75) is 6.92 Å². The number of amides is 1. The molecule has 0 saturated carbocycles. The van der Waals surface area contributed by atoms with Gasteiger partial charge in [0.2, 0.25) is 5.91 Å². The molecule has 112 valence electrons.